The van der Waals surface area contributed by atoms with E-state index in [1.807, 2.05) is 140 Å². The van der Waals surface area contributed by atoms with E-state index in [0.717, 1.165) is 38.6 Å². The second-order valence-corrected chi connectivity index (χ2v) is 15.9. The van der Waals surface area contributed by atoms with E-state index >= 15 is 0 Å². The summed E-state index contributed by atoms with van der Waals surface area (Å²) in [6.07, 6.45) is 0. The molecule has 11 aromatic rings. The zero-order chi connectivity index (χ0) is 58.7. The van der Waals surface area contributed by atoms with Gasteiger partial charge < -0.3 is 4.90 Å². The molecule has 1 aliphatic rings. The lowest BCUT2D eigenvalue weighted by atomic mass is 9.68. The molecule has 0 amide bonds. The maximum atomic E-state index is 10.0. The van der Waals surface area contributed by atoms with Gasteiger partial charge in [-0.25, -0.2) is 0 Å². The molecule has 0 bridgehead atoms. The van der Waals surface area contributed by atoms with Gasteiger partial charge in [-0.1, -0.05) is 230 Å². The van der Waals surface area contributed by atoms with Crippen LogP contribution in [0.4, 0.5) is 17.1 Å². The van der Waals surface area contributed by atoms with Crippen LogP contribution in [0.1, 0.15) is 45.6 Å². The van der Waals surface area contributed by atoms with Crippen LogP contribution in [0.25, 0.3) is 66.4 Å². The Balaban J connectivity index is 1.14. The quantitative estimate of drug-likeness (QED) is 0.140. The molecule has 0 unspecified atom stereocenters. The van der Waals surface area contributed by atoms with Crippen LogP contribution in [0.15, 0.2) is 273 Å². The second-order valence-electron chi connectivity index (χ2n) is 15.9. The molecular formula is C65H45N. The molecule has 0 N–H and O–H groups in total. The van der Waals surface area contributed by atoms with Crippen molar-refractivity contribution in [2.45, 2.75) is 5.41 Å². The molecule has 310 valence electrons. The Kier molecular flexibility index (Phi) is 6.29. The second kappa shape index (κ2) is 16.6. The normalized spacial score (nSPS) is 16.0. The maximum Gasteiger partial charge on any atom is 0.0714 e. The zero-order valence-electron chi connectivity index (χ0n) is 52.1. The summed E-state index contributed by atoms with van der Waals surface area (Å²) in [7, 11) is 0. The van der Waals surface area contributed by atoms with E-state index in [-0.39, 0.29) is 11.3 Å². The number of nitrogens with zero attached hydrogens (tertiary/aromatic N) is 1. The molecule has 0 saturated carbocycles. The van der Waals surface area contributed by atoms with Crippen molar-refractivity contribution in [3.8, 4) is 55.6 Å². The molecule has 0 radical (unpaired) electrons. The molecule has 66 heavy (non-hydrogen) atoms. The van der Waals surface area contributed by atoms with Crippen LogP contribution in [0, 0.1) is 0 Å². The fourth-order valence-corrected chi connectivity index (χ4v) is 9.28. The highest BCUT2D eigenvalue weighted by Gasteiger charge is 2.47. The molecule has 1 heteroatoms. The van der Waals surface area contributed by atoms with Crippen LogP contribution in [-0.2, 0) is 5.41 Å². The highest BCUT2D eigenvalue weighted by atomic mass is 15.1. The van der Waals surface area contributed by atoms with Gasteiger partial charge >= 0.3 is 0 Å². The summed E-state index contributed by atoms with van der Waals surface area (Å²) in [5, 5.41) is 2.04. The molecule has 0 spiro atoms. The van der Waals surface area contributed by atoms with Gasteiger partial charge in [0.2, 0.25) is 0 Å². The largest absolute Gasteiger partial charge is 0.310 e. The Morgan fingerprint density at radius 1 is 0.318 bits per heavy atom. The van der Waals surface area contributed by atoms with Crippen LogP contribution in [0.5, 0.6) is 0 Å². The molecular weight excluding hydrogens is 795 g/mol. The molecule has 11 aromatic carbocycles. The van der Waals surface area contributed by atoms with E-state index < -0.39 is 142 Å². The minimum Gasteiger partial charge on any atom is -0.310 e. The van der Waals surface area contributed by atoms with E-state index in [0.29, 0.717) is 22.3 Å². The third kappa shape index (κ3) is 6.73. The summed E-state index contributed by atoms with van der Waals surface area (Å²) in [5.74, 6) is 0. The molecule has 0 atom stereocenters. The lowest BCUT2D eigenvalue weighted by Gasteiger charge is -2.34. The number of anilines is 3. The minimum absolute atomic E-state index is 0.0348. The first-order chi connectivity index (χ1) is 39.8. The van der Waals surface area contributed by atoms with Crippen molar-refractivity contribution >= 4 is 27.8 Å². The summed E-state index contributed by atoms with van der Waals surface area (Å²) in [4.78, 5) is 1.23. The van der Waals surface area contributed by atoms with Gasteiger partial charge in [0.15, 0.2) is 0 Å². The lowest BCUT2D eigenvalue weighted by Crippen LogP contribution is -2.28. The van der Waals surface area contributed by atoms with Crippen LogP contribution in [-0.4, -0.2) is 0 Å². The Morgan fingerprint density at radius 3 is 1.42 bits per heavy atom. The summed E-state index contributed by atoms with van der Waals surface area (Å²) in [5.41, 5.74) is 2.09. The van der Waals surface area contributed by atoms with Crippen molar-refractivity contribution in [1.29, 1.82) is 0 Å². The van der Waals surface area contributed by atoms with E-state index in [1.165, 1.54) is 4.90 Å². The van der Waals surface area contributed by atoms with Gasteiger partial charge in [0, 0.05) is 16.9 Å². The molecule has 0 fully saturated rings. The number of fused-ring (bicyclic) bond motifs is 4. The molecule has 12 rings (SSSR count). The van der Waals surface area contributed by atoms with E-state index in [9.17, 15) is 13.7 Å². The van der Waals surface area contributed by atoms with Crippen molar-refractivity contribution in [3.05, 3.63) is 295 Å². The molecule has 0 saturated heterocycles. The van der Waals surface area contributed by atoms with Crippen LogP contribution in [0.3, 0.4) is 0 Å². The number of rotatable bonds is 9. The summed E-state index contributed by atoms with van der Waals surface area (Å²) < 4.78 is 158. The Morgan fingerprint density at radius 2 is 0.788 bits per heavy atom. The highest BCUT2D eigenvalue weighted by molar-refractivity contribution is 5.98. The molecule has 0 aliphatic heterocycles. The van der Waals surface area contributed by atoms with Crippen LogP contribution in [0.2, 0.25) is 0 Å². The number of hydrogen-bond donors (Lipinski definition) is 0. The first kappa shape index (κ1) is 25.1. The van der Waals surface area contributed by atoms with Gasteiger partial charge in [-0.05, 0) is 125 Å². The summed E-state index contributed by atoms with van der Waals surface area (Å²) >= 11 is 0. The molecule has 0 heterocycles. The van der Waals surface area contributed by atoms with Gasteiger partial charge in [0.25, 0.3) is 0 Å². The zero-order valence-corrected chi connectivity index (χ0v) is 35.1. The summed E-state index contributed by atoms with van der Waals surface area (Å²) in [6, 6.07) is 41.0. The van der Waals surface area contributed by atoms with E-state index in [1.54, 1.807) is 30.3 Å². The standard InChI is InChI=1S/C65H45N/c1-4-16-46(17-5-1)48-30-32-49(33-31-48)50-36-40-58(41-37-50)66(59-42-38-51(39-43-59)53-20-14-21-54(44-53)55-35-34-47-18-10-11-19-52(47)45-55)63-29-15-28-62-64(63)60-26-12-13-27-61(60)65(62,56-22-6-2-7-23-56)57-24-8-3-9-25-57/h1-45H/i1D,4D,5D,16D,17D,30D,31D,32D,33D,36D,37D,38D,39D,40D,41D,42D,43D. The van der Waals surface area contributed by atoms with E-state index in [2.05, 4.69) is 0 Å². The first-order valence-corrected chi connectivity index (χ1v) is 21.5. The predicted molar refractivity (Wildman–Crippen MR) is 278 cm³/mol. The number of benzene rings is 11. The predicted octanol–water partition coefficient (Wildman–Crippen LogP) is 17.3. The Bertz CT molecular complexity index is 4390. The minimum atomic E-state index is -1.03. The number of hydrogen-bond acceptors (Lipinski definition) is 1. The smallest absolute Gasteiger partial charge is 0.0714 e. The van der Waals surface area contributed by atoms with Gasteiger partial charge in [-0.2, -0.15) is 0 Å². The third-order valence-electron chi connectivity index (χ3n) is 12.2. The van der Waals surface area contributed by atoms with E-state index in [4.69, 9.17) is 9.60 Å². The topological polar surface area (TPSA) is 3.24 Å². The van der Waals surface area contributed by atoms with Gasteiger partial charge in [0.05, 0.1) is 34.4 Å². The Hall–Kier alpha value is -8.52. The summed E-state index contributed by atoms with van der Waals surface area (Å²) in [6.45, 7) is 0. The first-order valence-electron chi connectivity index (χ1n) is 30.0. The lowest BCUT2D eigenvalue weighted by molar-refractivity contribution is 0.768. The molecule has 1 aliphatic carbocycles. The van der Waals surface area contributed by atoms with Crippen LogP contribution >= 0.6 is 0 Å². The monoisotopic (exact) mass is 856 g/mol. The van der Waals surface area contributed by atoms with Gasteiger partial charge in [-0.3, -0.25) is 0 Å². The Labute approximate surface area is 411 Å². The highest BCUT2D eigenvalue weighted by Crippen LogP contribution is 2.59. The molecule has 0 aromatic heterocycles. The fraction of sp³-hybridized carbons (Fsp3) is 0.0154. The SMILES string of the molecule is [2H]c1c([2H])c([2H])c(-c2c([2H])c([2H])c(-c3c([2H])c([2H])c(N(c4cccc5c4-c4ccccc4C5(c4ccccc4)c4ccccc4)c4c([2H])c([2H])c(-c5cccc(-c6ccc7ccccc7c6)c5)c([2H])c4[2H])c([2H])c3[2H])c([2H])c2[2H])c([2H])c1[2H]. The van der Waals surface area contributed by atoms with Crippen molar-refractivity contribution < 1.29 is 23.3 Å². The van der Waals surface area contributed by atoms with Gasteiger partial charge in [-0.15, -0.1) is 0 Å². The fourth-order valence-electron chi connectivity index (χ4n) is 9.28. The van der Waals surface area contributed by atoms with Crippen LogP contribution < -0.4 is 4.90 Å². The third-order valence-corrected chi connectivity index (χ3v) is 12.2. The van der Waals surface area contributed by atoms with Crippen molar-refractivity contribution in [1.82, 2.24) is 0 Å². The van der Waals surface area contributed by atoms with Gasteiger partial charge in [0.1, 0.15) is 0 Å². The van der Waals surface area contributed by atoms with Crippen molar-refractivity contribution in [2.75, 3.05) is 4.90 Å². The maximum absolute atomic E-state index is 10.0. The van der Waals surface area contributed by atoms with Crippen molar-refractivity contribution in [3.63, 3.8) is 0 Å². The molecule has 1 nitrogen and oxygen atoms in total. The van der Waals surface area contributed by atoms with Crippen molar-refractivity contribution in [2.24, 2.45) is 0 Å². The average Bonchev–Trinajstić information content (AvgIpc) is 1.97. The average molecular weight is 857 g/mol.